The lowest BCUT2D eigenvalue weighted by Gasteiger charge is -2.11. The van der Waals surface area contributed by atoms with Gasteiger partial charge in [-0.1, -0.05) is 12.1 Å². The van der Waals surface area contributed by atoms with E-state index in [2.05, 4.69) is 15.4 Å². The lowest BCUT2D eigenvalue weighted by Crippen LogP contribution is -2.33. The van der Waals surface area contributed by atoms with Crippen LogP contribution in [0.5, 0.6) is 5.75 Å². The summed E-state index contributed by atoms with van der Waals surface area (Å²) >= 11 is 0. The molecule has 8 nitrogen and oxygen atoms in total. The maximum absolute atomic E-state index is 12.4. The average Bonchev–Trinajstić information content (AvgIpc) is 2.59. The number of nitrogens with one attached hydrogen (secondary N) is 2. The van der Waals surface area contributed by atoms with Crippen LogP contribution >= 0.6 is 0 Å². The molecule has 0 saturated heterocycles. The summed E-state index contributed by atoms with van der Waals surface area (Å²) in [5.74, 6) is -1.70. The molecule has 0 fully saturated rings. The number of ether oxygens (including phenoxy) is 1. The molecule has 11 heteroatoms. The van der Waals surface area contributed by atoms with Crippen molar-refractivity contribution in [1.29, 1.82) is 0 Å². The Morgan fingerprint density at radius 2 is 1.70 bits per heavy atom. The molecule has 0 radical (unpaired) electrons. The van der Waals surface area contributed by atoms with Gasteiger partial charge in [0.2, 0.25) is 15.9 Å². The highest BCUT2D eigenvalue weighted by Crippen LogP contribution is 2.20. The monoisotopic (exact) mass is 399 g/mol. The van der Waals surface area contributed by atoms with Crippen LogP contribution in [0.4, 0.5) is 14.5 Å². The fourth-order valence-electron chi connectivity index (χ4n) is 2.04. The van der Waals surface area contributed by atoms with E-state index in [0.717, 1.165) is 0 Å². The first-order valence-electron chi connectivity index (χ1n) is 7.41. The summed E-state index contributed by atoms with van der Waals surface area (Å²) < 4.78 is 51.3. The molecule has 2 amide bonds. The minimum Gasteiger partial charge on any atom is -0.434 e. The highest BCUT2D eigenvalue weighted by atomic mass is 32.2. The third kappa shape index (κ3) is 6.01. The third-order valence-corrected chi connectivity index (χ3v) is 4.15. The molecule has 0 aliphatic rings. The van der Waals surface area contributed by atoms with Crippen molar-refractivity contribution >= 4 is 27.5 Å². The maximum atomic E-state index is 12.4. The van der Waals surface area contributed by atoms with Gasteiger partial charge in [0.15, 0.2) is 0 Å². The maximum Gasteiger partial charge on any atom is 0.387 e. The van der Waals surface area contributed by atoms with Gasteiger partial charge in [-0.3, -0.25) is 9.59 Å². The minimum absolute atomic E-state index is 0.121. The predicted molar refractivity (Wildman–Crippen MR) is 91.9 cm³/mol. The van der Waals surface area contributed by atoms with Crippen LogP contribution in [-0.2, 0) is 14.8 Å². The number of carbonyl (C=O) groups excluding carboxylic acids is 2. The SMILES string of the molecule is NS(=O)(=O)c1ccc(NC(=O)CNC(=O)c2ccccc2OC(F)F)cc1. The summed E-state index contributed by atoms with van der Waals surface area (Å²) in [5, 5.41) is 9.68. The molecule has 0 bridgehead atoms. The van der Waals surface area contributed by atoms with Gasteiger partial charge in [-0.15, -0.1) is 0 Å². The van der Waals surface area contributed by atoms with Crippen molar-refractivity contribution in [3.63, 3.8) is 0 Å². The number of hydrogen-bond acceptors (Lipinski definition) is 5. The Hall–Kier alpha value is -3.05. The van der Waals surface area contributed by atoms with E-state index in [1.807, 2.05) is 0 Å². The molecule has 27 heavy (non-hydrogen) atoms. The first kappa shape index (κ1) is 20.3. The number of sulfonamides is 1. The van der Waals surface area contributed by atoms with Gasteiger partial charge in [-0.25, -0.2) is 13.6 Å². The Labute approximate surface area is 153 Å². The number of nitrogens with two attached hydrogens (primary N) is 1. The molecule has 0 unspecified atom stereocenters. The van der Waals surface area contributed by atoms with E-state index in [9.17, 15) is 26.8 Å². The quantitative estimate of drug-likeness (QED) is 0.647. The van der Waals surface area contributed by atoms with Crippen LogP contribution in [0.2, 0.25) is 0 Å². The first-order chi connectivity index (χ1) is 12.7. The van der Waals surface area contributed by atoms with Crippen LogP contribution in [0, 0.1) is 0 Å². The molecule has 0 atom stereocenters. The number of hydrogen-bond donors (Lipinski definition) is 3. The summed E-state index contributed by atoms with van der Waals surface area (Å²) in [4.78, 5) is 23.8. The van der Waals surface area contributed by atoms with Gasteiger partial charge in [0, 0.05) is 5.69 Å². The van der Waals surface area contributed by atoms with Crippen LogP contribution in [0.3, 0.4) is 0 Å². The van der Waals surface area contributed by atoms with Gasteiger partial charge in [0.05, 0.1) is 17.0 Å². The summed E-state index contributed by atoms with van der Waals surface area (Å²) in [6, 6.07) is 10.4. The molecular weight excluding hydrogens is 384 g/mol. The smallest absolute Gasteiger partial charge is 0.387 e. The zero-order chi connectivity index (χ0) is 20.0. The number of halogens is 2. The standard InChI is InChI=1S/C16H15F2N3O5S/c17-16(18)26-13-4-2-1-3-12(13)15(23)20-9-14(22)21-10-5-7-11(8-6-10)27(19,24)25/h1-8,16H,9H2,(H,20,23)(H,21,22)(H2,19,24,25). The molecule has 0 aliphatic carbocycles. The Morgan fingerprint density at radius 3 is 2.30 bits per heavy atom. The van der Waals surface area contributed by atoms with Crippen molar-refractivity contribution in [1.82, 2.24) is 5.32 Å². The van der Waals surface area contributed by atoms with Crippen LogP contribution < -0.4 is 20.5 Å². The van der Waals surface area contributed by atoms with Gasteiger partial charge in [-0.2, -0.15) is 8.78 Å². The van der Waals surface area contributed by atoms with E-state index in [4.69, 9.17) is 5.14 Å². The van der Waals surface area contributed by atoms with Crippen molar-refractivity contribution in [2.75, 3.05) is 11.9 Å². The van der Waals surface area contributed by atoms with Gasteiger partial charge in [0.1, 0.15) is 5.75 Å². The van der Waals surface area contributed by atoms with Crippen molar-refractivity contribution in [3.05, 3.63) is 54.1 Å². The average molecular weight is 399 g/mol. The number of benzene rings is 2. The van der Waals surface area contributed by atoms with Crippen molar-refractivity contribution in [3.8, 4) is 5.75 Å². The van der Waals surface area contributed by atoms with E-state index in [0.29, 0.717) is 0 Å². The molecule has 2 aromatic carbocycles. The normalized spacial score (nSPS) is 11.1. The Kier molecular flexibility index (Phi) is 6.42. The number of rotatable bonds is 7. The molecule has 4 N–H and O–H groups in total. The van der Waals surface area contributed by atoms with Gasteiger partial charge >= 0.3 is 6.61 Å². The van der Waals surface area contributed by atoms with Gasteiger partial charge in [0.25, 0.3) is 5.91 Å². The zero-order valence-electron chi connectivity index (χ0n) is 13.7. The zero-order valence-corrected chi connectivity index (χ0v) is 14.5. The number of anilines is 1. The van der Waals surface area contributed by atoms with Gasteiger partial charge < -0.3 is 15.4 Å². The molecule has 0 aromatic heterocycles. The minimum atomic E-state index is -3.85. The van der Waals surface area contributed by atoms with Crippen molar-refractivity contribution in [2.24, 2.45) is 5.14 Å². The molecular formula is C16H15F2N3O5S. The van der Waals surface area contributed by atoms with Crippen LogP contribution in [0.15, 0.2) is 53.4 Å². The Morgan fingerprint density at radius 1 is 1.07 bits per heavy atom. The Bertz CT molecular complexity index is 933. The number of carbonyl (C=O) groups is 2. The highest BCUT2D eigenvalue weighted by Gasteiger charge is 2.16. The molecule has 144 valence electrons. The summed E-state index contributed by atoms with van der Waals surface area (Å²) in [6.07, 6.45) is 0. The second-order valence-corrected chi connectivity index (χ2v) is 6.74. The first-order valence-corrected chi connectivity index (χ1v) is 8.96. The number of primary sulfonamides is 1. The molecule has 0 saturated carbocycles. The van der Waals surface area contributed by atoms with Crippen LogP contribution in [-0.4, -0.2) is 33.4 Å². The van der Waals surface area contributed by atoms with Gasteiger partial charge in [-0.05, 0) is 36.4 Å². The van der Waals surface area contributed by atoms with E-state index < -0.39 is 35.0 Å². The number of amides is 2. The van der Waals surface area contributed by atoms with Crippen LogP contribution in [0.25, 0.3) is 0 Å². The van der Waals surface area contributed by atoms with Crippen molar-refractivity contribution in [2.45, 2.75) is 11.5 Å². The molecule has 2 aromatic rings. The van der Waals surface area contributed by atoms with Crippen LogP contribution in [0.1, 0.15) is 10.4 Å². The van der Waals surface area contributed by atoms with E-state index >= 15 is 0 Å². The lowest BCUT2D eigenvalue weighted by atomic mass is 10.2. The Balaban J connectivity index is 1.95. The second kappa shape index (κ2) is 8.56. The largest absolute Gasteiger partial charge is 0.434 e. The van der Waals surface area contributed by atoms with E-state index in [1.54, 1.807) is 0 Å². The van der Waals surface area contributed by atoms with E-state index in [-0.39, 0.29) is 21.9 Å². The second-order valence-electron chi connectivity index (χ2n) is 5.17. The fraction of sp³-hybridized carbons (Fsp3) is 0.125. The lowest BCUT2D eigenvalue weighted by molar-refractivity contribution is -0.115. The summed E-state index contributed by atoms with van der Waals surface area (Å²) in [5.41, 5.74) is 0.131. The number of para-hydroxylation sites is 1. The molecule has 0 heterocycles. The topological polar surface area (TPSA) is 128 Å². The van der Waals surface area contributed by atoms with E-state index in [1.165, 1.54) is 48.5 Å². The van der Waals surface area contributed by atoms with Crippen molar-refractivity contribution < 1.29 is 31.5 Å². The molecule has 0 spiro atoms. The summed E-state index contributed by atoms with van der Waals surface area (Å²) in [6.45, 7) is -3.54. The third-order valence-electron chi connectivity index (χ3n) is 3.22. The fourth-order valence-corrected chi connectivity index (χ4v) is 2.56. The number of alkyl halides is 2. The molecule has 2 rings (SSSR count). The predicted octanol–water partition coefficient (Wildman–Crippen LogP) is 1.30. The highest BCUT2D eigenvalue weighted by molar-refractivity contribution is 7.89. The molecule has 0 aliphatic heterocycles. The summed E-state index contributed by atoms with van der Waals surface area (Å²) in [7, 11) is -3.85.